The zero-order valence-electron chi connectivity index (χ0n) is 13.0. The van der Waals surface area contributed by atoms with Gasteiger partial charge in [0.2, 0.25) is 0 Å². The summed E-state index contributed by atoms with van der Waals surface area (Å²) in [6, 6.07) is 8.19. The summed E-state index contributed by atoms with van der Waals surface area (Å²) in [6.45, 7) is 0.810. The van der Waals surface area contributed by atoms with E-state index < -0.39 is 17.6 Å². The van der Waals surface area contributed by atoms with E-state index in [1.54, 1.807) is 12.4 Å². The molecule has 0 N–H and O–H groups in total. The summed E-state index contributed by atoms with van der Waals surface area (Å²) in [5.74, 6) is 0.111. The second kappa shape index (κ2) is 7.26. The number of thioether (sulfide) groups is 1. The first-order valence-electron chi connectivity index (χ1n) is 7.50. The van der Waals surface area contributed by atoms with Gasteiger partial charge in [-0.1, -0.05) is 23.9 Å². The van der Waals surface area contributed by atoms with E-state index in [-0.39, 0.29) is 5.56 Å². The van der Waals surface area contributed by atoms with Gasteiger partial charge in [-0.2, -0.15) is 13.2 Å². The predicted octanol–water partition coefficient (Wildman–Crippen LogP) is 3.85. The molecular formula is C17H14F3N3OS. The first kappa shape index (κ1) is 17.5. The van der Waals surface area contributed by atoms with Gasteiger partial charge in [-0.3, -0.25) is 19.7 Å². The van der Waals surface area contributed by atoms with Crippen LogP contribution >= 0.6 is 11.8 Å². The number of benzene rings is 1. The van der Waals surface area contributed by atoms with Crippen LogP contribution < -0.4 is 0 Å². The number of alkyl halides is 3. The van der Waals surface area contributed by atoms with Gasteiger partial charge in [0.25, 0.3) is 5.91 Å². The van der Waals surface area contributed by atoms with Crippen molar-refractivity contribution >= 4 is 22.8 Å². The minimum atomic E-state index is -4.48. The topological polar surface area (TPSA) is 45.6 Å². The predicted molar refractivity (Wildman–Crippen MR) is 90.3 cm³/mol. The largest absolute Gasteiger partial charge is 0.416 e. The van der Waals surface area contributed by atoms with E-state index in [2.05, 4.69) is 9.98 Å². The van der Waals surface area contributed by atoms with Gasteiger partial charge in [0.05, 0.1) is 12.1 Å². The molecule has 1 aromatic heterocycles. The summed E-state index contributed by atoms with van der Waals surface area (Å²) in [6.07, 6.45) is -1.08. The molecule has 1 aromatic carbocycles. The number of halogens is 3. The Bertz CT molecular complexity index is 793. The fraction of sp³-hybridized carbons (Fsp3) is 0.235. The van der Waals surface area contributed by atoms with Crippen molar-refractivity contribution in [2.24, 2.45) is 4.99 Å². The number of aliphatic imine (C=N–C) groups is 1. The maximum absolute atomic E-state index is 12.8. The maximum Gasteiger partial charge on any atom is 0.416 e. The molecule has 8 heteroatoms. The van der Waals surface area contributed by atoms with Crippen molar-refractivity contribution in [1.29, 1.82) is 0 Å². The van der Waals surface area contributed by atoms with Crippen LogP contribution in [0.3, 0.4) is 0 Å². The van der Waals surface area contributed by atoms with Gasteiger partial charge in [-0.25, -0.2) is 0 Å². The molecule has 1 aliphatic heterocycles. The van der Waals surface area contributed by atoms with Crippen LogP contribution in [0, 0.1) is 0 Å². The Morgan fingerprint density at radius 2 is 2.08 bits per heavy atom. The molecule has 0 aliphatic carbocycles. The molecular weight excluding hydrogens is 351 g/mol. The van der Waals surface area contributed by atoms with Crippen molar-refractivity contribution in [3.8, 4) is 0 Å². The normalized spacial score (nSPS) is 14.5. The number of amidine groups is 1. The monoisotopic (exact) mass is 365 g/mol. The molecule has 25 heavy (non-hydrogen) atoms. The van der Waals surface area contributed by atoms with Crippen molar-refractivity contribution in [1.82, 2.24) is 9.88 Å². The molecule has 4 nitrogen and oxygen atoms in total. The van der Waals surface area contributed by atoms with E-state index in [1.165, 1.54) is 28.8 Å². The fourth-order valence-electron chi connectivity index (χ4n) is 2.35. The van der Waals surface area contributed by atoms with E-state index in [0.717, 1.165) is 17.7 Å². The summed E-state index contributed by atoms with van der Waals surface area (Å²) in [7, 11) is 0. The molecule has 2 heterocycles. The molecule has 0 atom stereocenters. The fourth-order valence-corrected chi connectivity index (χ4v) is 3.33. The standard InChI is InChI=1S/C17H14F3N3OS/c18-17(19,20)14-5-1-4-13(9-14)15(24)23-8-7-22-16(23)25-11-12-3-2-6-21-10-12/h1-6,9-10H,7-8,11H2. The third-order valence-corrected chi connectivity index (χ3v) is 4.66. The molecule has 1 amide bonds. The number of aromatic nitrogens is 1. The lowest BCUT2D eigenvalue weighted by atomic mass is 10.1. The Labute approximate surface area is 146 Å². The van der Waals surface area contributed by atoms with Crippen LogP contribution in [0.15, 0.2) is 53.8 Å². The van der Waals surface area contributed by atoms with Crippen molar-refractivity contribution in [2.45, 2.75) is 11.9 Å². The summed E-state index contributed by atoms with van der Waals surface area (Å²) in [4.78, 5) is 22.3. The molecule has 130 valence electrons. The van der Waals surface area contributed by atoms with E-state index >= 15 is 0 Å². The summed E-state index contributed by atoms with van der Waals surface area (Å²) in [5, 5.41) is 0.520. The Morgan fingerprint density at radius 1 is 1.24 bits per heavy atom. The molecule has 3 rings (SSSR count). The third-order valence-electron chi connectivity index (χ3n) is 3.57. The van der Waals surface area contributed by atoms with Crippen LogP contribution in [0.25, 0.3) is 0 Å². The smallest absolute Gasteiger partial charge is 0.286 e. The van der Waals surface area contributed by atoms with Gasteiger partial charge in [0.15, 0.2) is 5.17 Å². The van der Waals surface area contributed by atoms with Gasteiger partial charge in [0, 0.05) is 30.3 Å². The summed E-state index contributed by atoms with van der Waals surface area (Å²) in [5.41, 5.74) is 0.152. The number of pyridine rings is 1. The summed E-state index contributed by atoms with van der Waals surface area (Å²) >= 11 is 1.37. The van der Waals surface area contributed by atoms with Gasteiger partial charge >= 0.3 is 6.18 Å². The third kappa shape index (κ3) is 4.19. The van der Waals surface area contributed by atoms with Crippen molar-refractivity contribution in [2.75, 3.05) is 13.1 Å². The van der Waals surface area contributed by atoms with Crippen LogP contribution in [-0.4, -0.2) is 34.0 Å². The van der Waals surface area contributed by atoms with Crippen LogP contribution in [0.5, 0.6) is 0 Å². The van der Waals surface area contributed by atoms with Crippen molar-refractivity contribution < 1.29 is 18.0 Å². The van der Waals surface area contributed by atoms with E-state index in [0.29, 0.717) is 24.0 Å². The van der Waals surface area contributed by atoms with Crippen LogP contribution in [0.4, 0.5) is 13.2 Å². The number of nitrogens with zero attached hydrogens (tertiary/aromatic N) is 3. The average Bonchev–Trinajstić information content (AvgIpc) is 3.08. The van der Waals surface area contributed by atoms with Gasteiger partial charge in [0.1, 0.15) is 0 Å². The lowest BCUT2D eigenvalue weighted by Gasteiger charge is -2.18. The SMILES string of the molecule is O=C(c1cccc(C(F)(F)F)c1)N1CCN=C1SCc1cccnc1. The van der Waals surface area contributed by atoms with Gasteiger partial charge in [-0.05, 0) is 29.8 Å². The molecule has 0 saturated heterocycles. The minimum Gasteiger partial charge on any atom is -0.286 e. The summed E-state index contributed by atoms with van der Waals surface area (Å²) < 4.78 is 38.5. The number of hydrogen-bond donors (Lipinski definition) is 0. The van der Waals surface area contributed by atoms with Gasteiger partial charge in [-0.15, -0.1) is 0 Å². The van der Waals surface area contributed by atoms with Crippen LogP contribution in [-0.2, 0) is 11.9 Å². The maximum atomic E-state index is 12.8. The van der Waals surface area contributed by atoms with Crippen molar-refractivity contribution in [3.05, 3.63) is 65.5 Å². The van der Waals surface area contributed by atoms with Gasteiger partial charge < -0.3 is 0 Å². The Hall–Kier alpha value is -2.35. The van der Waals surface area contributed by atoms with E-state index in [1.807, 2.05) is 12.1 Å². The zero-order valence-corrected chi connectivity index (χ0v) is 13.8. The molecule has 0 saturated carbocycles. The highest BCUT2D eigenvalue weighted by molar-refractivity contribution is 8.13. The first-order chi connectivity index (χ1) is 11.9. The Balaban J connectivity index is 1.72. The number of amides is 1. The molecule has 2 aromatic rings. The highest BCUT2D eigenvalue weighted by Crippen LogP contribution is 2.30. The number of carbonyl (C=O) groups excluding carboxylic acids is 1. The average molecular weight is 365 g/mol. The molecule has 0 unspecified atom stereocenters. The van der Waals surface area contributed by atoms with Crippen LogP contribution in [0.2, 0.25) is 0 Å². The Kier molecular flexibility index (Phi) is 5.08. The number of carbonyl (C=O) groups is 1. The number of rotatable bonds is 3. The highest BCUT2D eigenvalue weighted by Gasteiger charge is 2.32. The molecule has 1 aliphatic rings. The second-order valence-corrected chi connectivity index (χ2v) is 6.29. The van der Waals surface area contributed by atoms with Crippen LogP contribution in [0.1, 0.15) is 21.5 Å². The van der Waals surface area contributed by atoms with Crippen molar-refractivity contribution in [3.63, 3.8) is 0 Å². The Morgan fingerprint density at radius 3 is 2.80 bits per heavy atom. The molecule has 0 spiro atoms. The van der Waals surface area contributed by atoms with E-state index in [4.69, 9.17) is 0 Å². The lowest BCUT2D eigenvalue weighted by Crippen LogP contribution is -2.33. The van der Waals surface area contributed by atoms with E-state index in [9.17, 15) is 18.0 Å². The zero-order chi connectivity index (χ0) is 17.9. The molecule has 0 fully saturated rings. The highest BCUT2D eigenvalue weighted by atomic mass is 32.2. The quantitative estimate of drug-likeness (QED) is 0.830. The first-order valence-corrected chi connectivity index (χ1v) is 8.49. The second-order valence-electron chi connectivity index (χ2n) is 5.35. The number of hydrogen-bond acceptors (Lipinski definition) is 4. The minimum absolute atomic E-state index is 0.00593. The molecule has 0 bridgehead atoms. The molecule has 0 radical (unpaired) electrons. The lowest BCUT2D eigenvalue weighted by molar-refractivity contribution is -0.137.